The number of carboxylic acid groups (broad SMARTS) is 1. The van der Waals surface area contributed by atoms with Crippen LogP contribution < -0.4 is 5.56 Å². The molecule has 7 heteroatoms. The Kier molecular flexibility index (Phi) is 5.32. The third-order valence-corrected chi connectivity index (χ3v) is 4.80. The summed E-state index contributed by atoms with van der Waals surface area (Å²) in [6.07, 6.45) is 0.787. The van der Waals surface area contributed by atoms with E-state index in [0.29, 0.717) is 17.5 Å². The van der Waals surface area contributed by atoms with Crippen molar-refractivity contribution in [3.8, 4) is 0 Å². The molecule has 0 bridgehead atoms. The highest BCUT2D eigenvalue weighted by atomic mass is 32.2. The van der Waals surface area contributed by atoms with E-state index in [0.717, 1.165) is 30.8 Å². The molecule has 1 aliphatic rings. The van der Waals surface area contributed by atoms with Gasteiger partial charge in [-0.05, 0) is 5.56 Å². The van der Waals surface area contributed by atoms with Crippen LogP contribution in [0.4, 0.5) is 0 Å². The van der Waals surface area contributed by atoms with Crippen LogP contribution in [0.15, 0.2) is 40.3 Å². The number of aromatic nitrogens is 2. The summed E-state index contributed by atoms with van der Waals surface area (Å²) in [6.45, 7) is 2.26. The highest BCUT2D eigenvalue weighted by molar-refractivity contribution is 7.99. The zero-order chi connectivity index (χ0) is 16.9. The largest absolute Gasteiger partial charge is 0.481 e. The summed E-state index contributed by atoms with van der Waals surface area (Å²) in [5.74, 6) is -0.448. The van der Waals surface area contributed by atoms with Crippen molar-refractivity contribution in [3.05, 3.63) is 57.5 Å². The lowest BCUT2D eigenvalue weighted by Crippen LogP contribution is -2.35. The zero-order valence-electron chi connectivity index (χ0n) is 13.2. The Hall–Kier alpha value is -2.12. The molecule has 1 aliphatic heterocycles. The Morgan fingerprint density at radius 2 is 2.12 bits per heavy atom. The molecule has 0 saturated heterocycles. The molecule has 24 heavy (non-hydrogen) atoms. The van der Waals surface area contributed by atoms with E-state index in [4.69, 9.17) is 5.11 Å². The lowest BCUT2D eigenvalue weighted by molar-refractivity contribution is -0.136. The predicted molar refractivity (Wildman–Crippen MR) is 92.1 cm³/mol. The number of thioether (sulfide) groups is 1. The SMILES string of the molecule is O=C(O)CCSc1nc2c(c(=O)[nH]1)CN(Cc1ccccc1)CC2. The van der Waals surface area contributed by atoms with Crippen molar-refractivity contribution >= 4 is 17.7 Å². The first-order valence-electron chi connectivity index (χ1n) is 7.85. The summed E-state index contributed by atoms with van der Waals surface area (Å²) in [5, 5.41) is 9.19. The third-order valence-electron chi connectivity index (χ3n) is 3.93. The number of aromatic amines is 1. The molecule has 2 heterocycles. The molecular weight excluding hydrogens is 326 g/mol. The van der Waals surface area contributed by atoms with Gasteiger partial charge in [0.1, 0.15) is 0 Å². The lowest BCUT2D eigenvalue weighted by Gasteiger charge is -2.27. The maximum absolute atomic E-state index is 12.3. The minimum Gasteiger partial charge on any atom is -0.481 e. The fraction of sp³-hybridized carbons (Fsp3) is 0.353. The van der Waals surface area contributed by atoms with E-state index in [1.54, 1.807) is 0 Å². The quantitative estimate of drug-likeness (QED) is 0.614. The van der Waals surface area contributed by atoms with Crippen LogP contribution in [0.5, 0.6) is 0 Å². The van der Waals surface area contributed by atoms with E-state index in [1.807, 2.05) is 18.2 Å². The summed E-state index contributed by atoms with van der Waals surface area (Å²) < 4.78 is 0. The molecule has 0 atom stereocenters. The van der Waals surface area contributed by atoms with Gasteiger partial charge < -0.3 is 10.1 Å². The van der Waals surface area contributed by atoms with Gasteiger partial charge >= 0.3 is 5.97 Å². The van der Waals surface area contributed by atoms with Gasteiger partial charge in [0.2, 0.25) is 0 Å². The van der Waals surface area contributed by atoms with E-state index in [9.17, 15) is 9.59 Å². The van der Waals surface area contributed by atoms with Crippen molar-refractivity contribution in [1.82, 2.24) is 14.9 Å². The van der Waals surface area contributed by atoms with Crippen molar-refractivity contribution in [3.63, 3.8) is 0 Å². The molecule has 0 amide bonds. The number of hydrogen-bond donors (Lipinski definition) is 2. The number of carboxylic acids is 1. The molecule has 0 spiro atoms. The summed E-state index contributed by atoms with van der Waals surface area (Å²) in [6, 6.07) is 10.2. The average Bonchev–Trinajstić information content (AvgIpc) is 2.56. The summed E-state index contributed by atoms with van der Waals surface area (Å²) in [5.41, 5.74) is 2.67. The predicted octanol–water partition coefficient (Wildman–Crippen LogP) is 1.89. The van der Waals surface area contributed by atoms with Crippen molar-refractivity contribution in [2.45, 2.75) is 31.1 Å². The van der Waals surface area contributed by atoms with Gasteiger partial charge in [0, 0.05) is 31.8 Å². The number of hydrogen-bond acceptors (Lipinski definition) is 5. The first-order valence-corrected chi connectivity index (χ1v) is 8.83. The van der Waals surface area contributed by atoms with Crippen LogP contribution in [0.25, 0.3) is 0 Å². The van der Waals surface area contributed by atoms with E-state index in [-0.39, 0.29) is 12.0 Å². The number of nitrogens with zero attached hydrogens (tertiary/aromatic N) is 2. The first-order chi connectivity index (χ1) is 11.6. The third kappa shape index (κ3) is 4.24. The molecule has 1 aromatic heterocycles. The number of H-pyrrole nitrogens is 1. The molecule has 2 N–H and O–H groups in total. The number of carbonyl (C=O) groups is 1. The minimum atomic E-state index is -0.848. The molecule has 1 aromatic carbocycles. The second-order valence-electron chi connectivity index (χ2n) is 5.73. The highest BCUT2D eigenvalue weighted by Gasteiger charge is 2.21. The molecule has 0 radical (unpaired) electrons. The van der Waals surface area contributed by atoms with Gasteiger partial charge in [-0.2, -0.15) is 0 Å². The monoisotopic (exact) mass is 345 g/mol. The van der Waals surface area contributed by atoms with Crippen molar-refractivity contribution in [1.29, 1.82) is 0 Å². The molecule has 0 fully saturated rings. The smallest absolute Gasteiger partial charge is 0.304 e. The zero-order valence-corrected chi connectivity index (χ0v) is 14.0. The van der Waals surface area contributed by atoms with Crippen molar-refractivity contribution in [2.24, 2.45) is 0 Å². The summed E-state index contributed by atoms with van der Waals surface area (Å²) in [7, 11) is 0. The fourth-order valence-electron chi connectivity index (χ4n) is 2.74. The molecule has 0 saturated carbocycles. The molecule has 6 nitrogen and oxygen atoms in total. The standard InChI is InChI=1S/C17H19N3O3S/c21-15(22)7-9-24-17-18-14-6-8-20(11-13(14)16(23)19-17)10-12-4-2-1-3-5-12/h1-5H,6-11H2,(H,21,22)(H,18,19,23). The van der Waals surface area contributed by atoms with Gasteiger partial charge in [-0.25, -0.2) is 4.98 Å². The van der Waals surface area contributed by atoms with Crippen LogP contribution in [0.3, 0.4) is 0 Å². The van der Waals surface area contributed by atoms with Gasteiger partial charge in [-0.1, -0.05) is 42.1 Å². The van der Waals surface area contributed by atoms with Gasteiger partial charge in [-0.3, -0.25) is 14.5 Å². The second kappa shape index (κ2) is 7.63. The molecule has 0 unspecified atom stereocenters. The molecule has 126 valence electrons. The number of rotatable bonds is 6. The molecule has 2 aromatic rings. The topological polar surface area (TPSA) is 86.3 Å². The summed E-state index contributed by atoms with van der Waals surface area (Å²) in [4.78, 5) is 32.4. The van der Waals surface area contributed by atoms with Crippen LogP contribution in [0, 0.1) is 0 Å². The van der Waals surface area contributed by atoms with Crippen LogP contribution in [0.2, 0.25) is 0 Å². The maximum Gasteiger partial charge on any atom is 0.304 e. The summed E-state index contributed by atoms with van der Waals surface area (Å²) >= 11 is 1.28. The normalized spacial score (nSPS) is 14.3. The van der Waals surface area contributed by atoms with Gasteiger partial charge in [0.15, 0.2) is 5.16 Å². The van der Waals surface area contributed by atoms with E-state index >= 15 is 0 Å². The number of fused-ring (bicyclic) bond motifs is 1. The van der Waals surface area contributed by atoms with Crippen molar-refractivity contribution in [2.75, 3.05) is 12.3 Å². The Morgan fingerprint density at radius 1 is 1.33 bits per heavy atom. The Morgan fingerprint density at radius 3 is 2.88 bits per heavy atom. The minimum absolute atomic E-state index is 0.0519. The Bertz CT molecular complexity index is 776. The lowest BCUT2D eigenvalue weighted by atomic mass is 10.1. The van der Waals surface area contributed by atoms with Gasteiger partial charge in [0.05, 0.1) is 17.7 Å². The van der Waals surface area contributed by atoms with E-state index < -0.39 is 5.97 Å². The van der Waals surface area contributed by atoms with Crippen LogP contribution in [0.1, 0.15) is 23.2 Å². The average molecular weight is 345 g/mol. The molecule has 3 rings (SSSR count). The van der Waals surface area contributed by atoms with E-state index in [1.165, 1.54) is 17.3 Å². The van der Waals surface area contributed by atoms with Crippen LogP contribution >= 0.6 is 11.8 Å². The van der Waals surface area contributed by atoms with Crippen molar-refractivity contribution < 1.29 is 9.90 Å². The second-order valence-corrected chi connectivity index (χ2v) is 6.82. The molecule has 0 aliphatic carbocycles. The first kappa shape index (κ1) is 16.7. The molecular formula is C17H19N3O3S. The fourth-order valence-corrected chi connectivity index (χ4v) is 3.55. The van der Waals surface area contributed by atoms with E-state index in [2.05, 4.69) is 27.0 Å². The number of aliphatic carboxylic acids is 1. The van der Waals surface area contributed by atoms with Crippen LogP contribution in [-0.4, -0.2) is 38.2 Å². The Labute approximate surface area is 143 Å². The highest BCUT2D eigenvalue weighted by Crippen LogP contribution is 2.19. The van der Waals surface area contributed by atoms with Gasteiger partial charge in [0.25, 0.3) is 5.56 Å². The number of nitrogens with one attached hydrogen (secondary N) is 1. The number of benzene rings is 1. The maximum atomic E-state index is 12.3. The Balaban J connectivity index is 1.68. The van der Waals surface area contributed by atoms with Gasteiger partial charge in [-0.15, -0.1) is 0 Å². The van der Waals surface area contributed by atoms with Crippen LogP contribution in [-0.2, 0) is 24.3 Å².